The summed E-state index contributed by atoms with van der Waals surface area (Å²) in [5, 5.41) is 3.27. The molecule has 3 nitrogen and oxygen atoms in total. The highest BCUT2D eigenvalue weighted by Gasteiger charge is 2.54. The Kier molecular flexibility index (Phi) is 3.09. The first kappa shape index (κ1) is 12.8. The Morgan fingerprint density at radius 3 is 2.95 bits per heavy atom. The predicted molar refractivity (Wildman–Crippen MR) is 80.2 cm³/mol. The Hall–Kier alpha value is -0.900. The van der Waals surface area contributed by atoms with Gasteiger partial charge in [-0.25, -0.2) is 4.98 Å². The molecule has 1 aromatic rings. The molecule has 4 heteroatoms. The fourth-order valence-electron chi connectivity index (χ4n) is 5.04. The van der Waals surface area contributed by atoms with Crippen molar-refractivity contribution in [3.63, 3.8) is 0 Å². The van der Waals surface area contributed by atoms with E-state index in [4.69, 9.17) is 0 Å². The maximum absolute atomic E-state index is 12.4. The van der Waals surface area contributed by atoms with E-state index in [1.54, 1.807) is 6.20 Å². The average Bonchev–Trinajstić information content (AvgIpc) is 3.10. The van der Waals surface area contributed by atoms with Crippen LogP contribution in [0.15, 0.2) is 22.9 Å². The molecule has 5 unspecified atom stereocenters. The summed E-state index contributed by atoms with van der Waals surface area (Å²) < 4.78 is 0.638. The van der Waals surface area contributed by atoms with E-state index >= 15 is 0 Å². The van der Waals surface area contributed by atoms with Crippen molar-refractivity contribution in [3.05, 3.63) is 28.5 Å². The highest BCUT2D eigenvalue weighted by atomic mass is 79.9. The summed E-state index contributed by atoms with van der Waals surface area (Å²) in [6.45, 7) is 0. The van der Waals surface area contributed by atoms with Crippen LogP contribution in [0.25, 0.3) is 0 Å². The van der Waals surface area contributed by atoms with Crippen LogP contribution in [-0.2, 0) is 0 Å². The van der Waals surface area contributed by atoms with Crippen LogP contribution in [0.5, 0.6) is 0 Å². The smallest absolute Gasteiger partial charge is 0.254 e. The normalized spacial score (nSPS) is 38.0. The topological polar surface area (TPSA) is 42.0 Å². The first-order valence-corrected chi connectivity index (χ1v) is 8.44. The predicted octanol–water partition coefficient (Wildman–Crippen LogP) is 3.40. The number of hydrogen-bond donors (Lipinski definition) is 1. The molecule has 1 heterocycles. The standard InChI is InChI=1S/C16H19BrN2O/c17-15-12(5-2-6-18-15)16(20)19-14-8-9-7-13(14)11-4-1-3-10(9)11/h2,5-6,9-11,13-14H,1,3-4,7-8H2,(H,19,20). The van der Waals surface area contributed by atoms with Crippen LogP contribution in [-0.4, -0.2) is 16.9 Å². The molecule has 0 spiro atoms. The van der Waals surface area contributed by atoms with Gasteiger partial charge in [0.2, 0.25) is 0 Å². The van der Waals surface area contributed by atoms with Crippen LogP contribution in [0.3, 0.4) is 0 Å². The molecule has 0 aliphatic heterocycles. The molecular weight excluding hydrogens is 316 g/mol. The van der Waals surface area contributed by atoms with Crippen molar-refractivity contribution in [2.75, 3.05) is 0 Å². The van der Waals surface area contributed by atoms with Gasteiger partial charge in [0.15, 0.2) is 0 Å². The number of carbonyl (C=O) groups excluding carboxylic acids is 1. The van der Waals surface area contributed by atoms with Crippen molar-refractivity contribution in [3.8, 4) is 0 Å². The zero-order valence-corrected chi connectivity index (χ0v) is 13.0. The second-order valence-electron chi connectivity index (χ2n) is 6.58. The largest absolute Gasteiger partial charge is 0.349 e. The molecule has 3 aliphatic carbocycles. The second-order valence-corrected chi connectivity index (χ2v) is 7.33. The Morgan fingerprint density at radius 2 is 2.10 bits per heavy atom. The lowest BCUT2D eigenvalue weighted by molar-refractivity contribution is 0.0900. The maximum atomic E-state index is 12.4. The zero-order valence-electron chi connectivity index (χ0n) is 11.4. The lowest BCUT2D eigenvalue weighted by atomic mass is 9.79. The molecule has 1 aromatic heterocycles. The minimum absolute atomic E-state index is 0.0251. The number of nitrogens with one attached hydrogen (secondary N) is 1. The molecule has 3 aliphatic rings. The van der Waals surface area contributed by atoms with Crippen LogP contribution in [0.1, 0.15) is 42.5 Å². The quantitative estimate of drug-likeness (QED) is 0.842. The van der Waals surface area contributed by atoms with Crippen LogP contribution in [0.4, 0.5) is 0 Å². The Bertz CT molecular complexity index is 547. The van der Waals surface area contributed by atoms with E-state index in [0.29, 0.717) is 16.2 Å². The summed E-state index contributed by atoms with van der Waals surface area (Å²) in [4.78, 5) is 16.5. The summed E-state index contributed by atoms with van der Waals surface area (Å²) in [6, 6.07) is 4.03. The van der Waals surface area contributed by atoms with E-state index in [0.717, 1.165) is 23.7 Å². The molecule has 20 heavy (non-hydrogen) atoms. The number of nitrogens with zero attached hydrogens (tertiary/aromatic N) is 1. The third kappa shape index (κ3) is 1.92. The van der Waals surface area contributed by atoms with E-state index < -0.39 is 0 Å². The van der Waals surface area contributed by atoms with Gasteiger partial charge < -0.3 is 5.32 Å². The highest BCUT2D eigenvalue weighted by molar-refractivity contribution is 9.10. The van der Waals surface area contributed by atoms with E-state index in [1.165, 1.54) is 32.1 Å². The molecule has 2 bridgehead atoms. The number of amides is 1. The maximum Gasteiger partial charge on any atom is 0.254 e. The number of halogens is 1. The summed E-state index contributed by atoms with van der Waals surface area (Å²) in [5.74, 6) is 3.48. The first-order chi connectivity index (χ1) is 9.74. The van der Waals surface area contributed by atoms with Gasteiger partial charge in [-0.05, 0) is 77.4 Å². The Morgan fingerprint density at radius 1 is 1.25 bits per heavy atom. The molecule has 106 valence electrons. The van der Waals surface area contributed by atoms with Crippen molar-refractivity contribution in [2.24, 2.45) is 23.7 Å². The molecule has 5 atom stereocenters. The number of aromatic nitrogens is 1. The van der Waals surface area contributed by atoms with Gasteiger partial charge in [-0.3, -0.25) is 4.79 Å². The van der Waals surface area contributed by atoms with E-state index in [9.17, 15) is 4.79 Å². The fraction of sp³-hybridized carbons (Fsp3) is 0.625. The van der Waals surface area contributed by atoms with E-state index in [1.807, 2.05) is 12.1 Å². The number of hydrogen-bond acceptors (Lipinski definition) is 2. The molecule has 4 rings (SSSR count). The SMILES string of the molecule is O=C(NC1CC2CC1C1CCCC21)c1cccnc1Br. The average molecular weight is 335 g/mol. The molecular formula is C16H19BrN2O. The minimum atomic E-state index is 0.0251. The Labute approximate surface area is 127 Å². The highest BCUT2D eigenvalue weighted by Crippen LogP contribution is 2.58. The van der Waals surface area contributed by atoms with Gasteiger partial charge in [0.05, 0.1) is 5.56 Å². The number of pyridine rings is 1. The van der Waals surface area contributed by atoms with E-state index in [-0.39, 0.29) is 5.91 Å². The summed E-state index contributed by atoms with van der Waals surface area (Å²) in [7, 11) is 0. The molecule has 0 saturated heterocycles. The number of carbonyl (C=O) groups is 1. The van der Waals surface area contributed by atoms with Crippen LogP contribution >= 0.6 is 15.9 Å². The van der Waals surface area contributed by atoms with Crippen molar-refractivity contribution < 1.29 is 4.79 Å². The van der Waals surface area contributed by atoms with Crippen LogP contribution in [0, 0.1) is 23.7 Å². The molecule has 3 fully saturated rings. The summed E-state index contributed by atoms with van der Waals surface area (Å²) in [6.07, 6.45) is 8.44. The zero-order chi connectivity index (χ0) is 13.7. The van der Waals surface area contributed by atoms with Crippen molar-refractivity contribution in [1.29, 1.82) is 0 Å². The van der Waals surface area contributed by atoms with Gasteiger partial charge in [-0.2, -0.15) is 0 Å². The van der Waals surface area contributed by atoms with E-state index in [2.05, 4.69) is 26.2 Å². The minimum Gasteiger partial charge on any atom is -0.349 e. The third-order valence-corrected chi connectivity index (χ3v) is 6.38. The number of fused-ring (bicyclic) bond motifs is 5. The van der Waals surface area contributed by atoms with Crippen molar-refractivity contribution in [1.82, 2.24) is 10.3 Å². The van der Waals surface area contributed by atoms with Crippen LogP contribution in [0.2, 0.25) is 0 Å². The summed E-state index contributed by atoms with van der Waals surface area (Å²) >= 11 is 3.36. The first-order valence-electron chi connectivity index (χ1n) is 7.65. The second kappa shape index (κ2) is 4.83. The molecule has 1 N–H and O–H groups in total. The fourth-order valence-corrected chi connectivity index (χ4v) is 5.47. The summed E-state index contributed by atoms with van der Waals surface area (Å²) in [5.41, 5.74) is 0.651. The lowest BCUT2D eigenvalue weighted by Gasteiger charge is -2.32. The van der Waals surface area contributed by atoms with Gasteiger partial charge in [-0.15, -0.1) is 0 Å². The Balaban J connectivity index is 1.48. The van der Waals surface area contributed by atoms with Crippen LogP contribution < -0.4 is 5.32 Å². The van der Waals surface area contributed by atoms with Crippen molar-refractivity contribution >= 4 is 21.8 Å². The molecule has 1 amide bonds. The molecule has 0 aromatic carbocycles. The lowest BCUT2D eigenvalue weighted by Crippen LogP contribution is -2.42. The molecule has 3 saturated carbocycles. The van der Waals surface area contributed by atoms with Gasteiger partial charge >= 0.3 is 0 Å². The van der Waals surface area contributed by atoms with Gasteiger partial charge in [0.1, 0.15) is 4.60 Å². The monoisotopic (exact) mass is 334 g/mol. The van der Waals surface area contributed by atoms with Crippen molar-refractivity contribution in [2.45, 2.75) is 38.1 Å². The van der Waals surface area contributed by atoms with Gasteiger partial charge in [0, 0.05) is 12.2 Å². The third-order valence-electron chi connectivity index (χ3n) is 5.75. The van der Waals surface area contributed by atoms with Gasteiger partial charge in [0.25, 0.3) is 5.91 Å². The molecule has 0 radical (unpaired) electrons. The van der Waals surface area contributed by atoms with Gasteiger partial charge in [-0.1, -0.05) is 6.42 Å². The number of rotatable bonds is 2.